The molecule has 0 saturated heterocycles. The SMILES string of the molecule is COC(=O)c1cc(C(F)(F)F)ccc1N.Cl. The maximum Gasteiger partial charge on any atom is 0.416 e. The number of carbonyl (C=O) groups excluding carboxylic acids is 1. The quantitative estimate of drug-likeness (QED) is 0.620. The normalized spacial score (nSPS) is 10.5. The van der Waals surface area contributed by atoms with Crippen molar-refractivity contribution in [1.82, 2.24) is 0 Å². The van der Waals surface area contributed by atoms with Gasteiger partial charge in [0.15, 0.2) is 0 Å². The highest BCUT2D eigenvalue weighted by Crippen LogP contribution is 2.31. The highest BCUT2D eigenvalue weighted by atomic mass is 35.5. The molecule has 0 radical (unpaired) electrons. The third-order valence-corrected chi connectivity index (χ3v) is 1.79. The molecule has 0 aliphatic carbocycles. The minimum Gasteiger partial charge on any atom is -0.465 e. The number of nitrogen functional groups attached to an aromatic ring is 1. The average Bonchev–Trinajstić information content (AvgIpc) is 2.15. The molecule has 0 fully saturated rings. The lowest BCUT2D eigenvalue weighted by Crippen LogP contribution is -2.10. The van der Waals surface area contributed by atoms with E-state index in [4.69, 9.17) is 5.73 Å². The number of carbonyl (C=O) groups is 1. The van der Waals surface area contributed by atoms with Crippen LogP contribution >= 0.6 is 12.4 Å². The van der Waals surface area contributed by atoms with Crippen molar-refractivity contribution in [3.8, 4) is 0 Å². The number of rotatable bonds is 1. The van der Waals surface area contributed by atoms with Crippen molar-refractivity contribution in [1.29, 1.82) is 0 Å². The van der Waals surface area contributed by atoms with E-state index < -0.39 is 17.7 Å². The van der Waals surface area contributed by atoms with Gasteiger partial charge in [-0.15, -0.1) is 12.4 Å². The number of hydrogen-bond acceptors (Lipinski definition) is 3. The van der Waals surface area contributed by atoms with Gasteiger partial charge in [0, 0.05) is 5.69 Å². The molecule has 0 amide bonds. The Bertz CT molecular complexity index is 393. The van der Waals surface area contributed by atoms with Crippen molar-refractivity contribution in [2.45, 2.75) is 6.18 Å². The zero-order valence-corrected chi connectivity index (χ0v) is 8.98. The number of benzene rings is 1. The summed E-state index contributed by atoms with van der Waals surface area (Å²) < 4.78 is 41.1. The zero-order chi connectivity index (χ0) is 11.6. The summed E-state index contributed by atoms with van der Waals surface area (Å²) in [6.45, 7) is 0. The molecule has 2 N–H and O–H groups in total. The first kappa shape index (κ1) is 14.6. The first-order chi connectivity index (χ1) is 6.86. The van der Waals surface area contributed by atoms with E-state index in [-0.39, 0.29) is 23.7 Å². The molecular weight excluding hydrogens is 247 g/mol. The molecule has 0 spiro atoms. The van der Waals surface area contributed by atoms with Gasteiger partial charge in [0.1, 0.15) is 0 Å². The van der Waals surface area contributed by atoms with Crippen LogP contribution in [-0.2, 0) is 10.9 Å². The Balaban J connectivity index is 0.00000225. The first-order valence-electron chi connectivity index (χ1n) is 3.91. The van der Waals surface area contributed by atoms with E-state index in [1.807, 2.05) is 0 Å². The fourth-order valence-corrected chi connectivity index (χ4v) is 1.02. The maximum absolute atomic E-state index is 12.3. The van der Waals surface area contributed by atoms with Gasteiger partial charge in [0.25, 0.3) is 0 Å². The van der Waals surface area contributed by atoms with Gasteiger partial charge in [-0.25, -0.2) is 4.79 Å². The number of halogens is 4. The summed E-state index contributed by atoms with van der Waals surface area (Å²) in [7, 11) is 1.07. The molecule has 1 aromatic rings. The molecule has 0 bridgehead atoms. The Morgan fingerprint density at radius 2 is 1.94 bits per heavy atom. The van der Waals surface area contributed by atoms with E-state index in [1.165, 1.54) is 0 Å². The fraction of sp³-hybridized carbons (Fsp3) is 0.222. The third-order valence-electron chi connectivity index (χ3n) is 1.79. The standard InChI is InChI=1S/C9H8F3NO2.ClH/c1-15-8(14)6-4-5(9(10,11)12)2-3-7(6)13;/h2-4H,13H2,1H3;1H. The highest BCUT2D eigenvalue weighted by Gasteiger charge is 2.31. The number of alkyl halides is 3. The number of esters is 1. The van der Waals surface area contributed by atoms with E-state index in [1.54, 1.807) is 0 Å². The Morgan fingerprint density at radius 3 is 2.38 bits per heavy atom. The van der Waals surface area contributed by atoms with E-state index in [0.717, 1.165) is 19.2 Å². The summed E-state index contributed by atoms with van der Waals surface area (Å²) in [5, 5.41) is 0. The molecule has 16 heavy (non-hydrogen) atoms. The molecule has 0 heterocycles. The summed E-state index contributed by atoms with van der Waals surface area (Å²) >= 11 is 0. The van der Waals surface area contributed by atoms with Gasteiger partial charge in [-0.05, 0) is 18.2 Å². The lowest BCUT2D eigenvalue weighted by Gasteiger charge is -2.09. The van der Waals surface area contributed by atoms with Crippen LogP contribution in [0.1, 0.15) is 15.9 Å². The van der Waals surface area contributed by atoms with Crippen LogP contribution in [0.3, 0.4) is 0 Å². The molecule has 0 aliphatic rings. The second kappa shape index (κ2) is 5.07. The van der Waals surface area contributed by atoms with Crippen LogP contribution in [-0.4, -0.2) is 13.1 Å². The Hall–Kier alpha value is -1.43. The monoisotopic (exact) mass is 255 g/mol. The molecule has 3 nitrogen and oxygen atoms in total. The summed E-state index contributed by atoms with van der Waals surface area (Å²) in [6.07, 6.45) is -4.50. The second-order valence-corrected chi connectivity index (χ2v) is 2.79. The topological polar surface area (TPSA) is 52.3 Å². The number of anilines is 1. The van der Waals surface area contributed by atoms with Crippen molar-refractivity contribution >= 4 is 24.1 Å². The van der Waals surface area contributed by atoms with Crippen molar-refractivity contribution in [2.24, 2.45) is 0 Å². The van der Waals surface area contributed by atoms with Gasteiger partial charge in [-0.1, -0.05) is 0 Å². The Morgan fingerprint density at radius 1 is 1.38 bits per heavy atom. The lowest BCUT2D eigenvalue weighted by molar-refractivity contribution is -0.137. The van der Waals surface area contributed by atoms with E-state index in [2.05, 4.69) is 4.74 Å². The molecule has 0 saturated carbocycles. The smallest absolute Gasteiger partial charge is 0.416 e. The minimum absolute atomic E-state index is 0. The summed E-state index contributed by atoms with van der Waals surface area (Å²) in [6, 6.07) is 2.50. The van der Waals surface area contributed by atoms with Gasteiger partial charge in [-0.3, -0.25) is 0 Å². The van der Waals surface area contributed by atoms with Crippen LogP contribution in [0.4, 0.5) is 18.9 Å². The van der Waals surface area contributed by atoms with Gasteiger partial charge >= 0.3 is 12.1 Å². The van der Waals surface area contributed by atoms with Gasteiger partial charge in [-0.2, -0.15) is 13.2 Å². The van der Waals surface area contributed by atoms with Crippen LogP contribution in [0.15, 0.2) is 18.2 Å². The van der Waals surface area contributed by atoms with Gasteiger partial charge < -0.3 is 10.5 Å². The maximum atomic E-state index is 12.3. The number of nitrogens with two attached hydrogens (primary N) is 1. The summed E-state index contributed by atoms with van der Waals surface area (Å²) in [5.74, 6) is -0.890. The predicted octanol–water partition coefficient (Wildman–Crippen LogP) is 2.50. The van der Waals surface area contributed by atoms with Crippen molar-refractivity contribution in [3.63, 3.8) is 0 Å². The predicted molar refractivity (Wildman–Crippen MR) is 54.4 cm³/mol. The van der Waals surface area contributed by atoms with Crippen LogP contribution in [0, 0.1) is 0 Å². The number of ether oxygens (including phenoxy) is 1. The molecule has 7 heteroatoms. The van der Waals surface area contributed by atoms with E-state index in [9.17, 15) is 18.0 Å². The third kappa shape index (κ3) is 3.03. The van der Waals surface area contributed by atoms with Crippen LogP contribution in [0.2, 0.25) is 0 Å². The molecule has 0 atom stereocenters. The summed E-state index contributed by atoms with van der Waals surface area (Å²) in [5.41, 5.74) is 4.08. The number of hydrogen-bond donors (Lipinski definition) is 1. The molecule has 1 rings (SSSR count). The molecule has 0 aromatic heterocycles. The molecular formula is C9H9ClF3NO2. The molecule has 1 aromatic carbocycles. The van der Waals surface area contributed by atoms with E-state index >= 15 is 0 Å². The lowest BCUT2D eigenvalue weighted by atomic mass is 10.1. The number of methoxy groups -OCH3 is 1. The van der Waals surface area contributed by atoms with Crippen LogP contribution < -0.4 is 5.73 Å². The first-order valence-corrected chi connectivity index (χ1v) is 3.91. The minimum atomic E-state index is -4.50. The van der Waals surface area contributed by atoms with Gasteiger partial charge in [0.2, 0.25) is 0 Å². The van der Waals surface area contributed by atoms with Crippen molar-refractivity contribution < 1.29 is 22.7 Å². The molecule has 0 aliphatic heterocycles. The van der Waals surface area contributed by atoms with Crippen LogP contribution in [0.5, 0.6) is 0 Å². The molecule has 90 valence electrons. The fourth-order valence-electron chi connectivity index (χ4n) is 1.02. The van der Waals surface area contributed by atoms with Crippen molar-refractivity contribution in [3.05, 3.63) is 29.3 Å². The van der Waals surface area contributed by atoms with E-state index in [0.29, 0.717) is 6.07 Å². The second-order valence-electron chi connectivity index (χ2n) is 2.79. The summed E-state index contributed by atoms with van der Waals surface area (Å²) in [4.78, 5) is 11.0. The van der Waals surface area contributed by atoms with Crippen LogP contribution in [0.25, 0.3) is 0 Å². The average molecular weight is 256 g/mol. The zero-order valence-electron chi connectivity index (χ0n) is 8.17. The Labute approximate surface area is 95.8 Å². The highest BCUT2D eigenvalue weighted by molar-refractivity contribution is 5.95. The Kier molecular flexibility index (Phi) is 4.61. The largest absolute Gasteiger partial charge is 0.465 e. The molecule has 0 unspecified atom stereocenters. The van der Waals surface area contributed by atoms with Crippen molar-refractivity contribution in [2.75, 3.05) is 12.8 Å². The van der Waals surface area contributed by atoms with Gasteiger partial charge in [0.05, 0.1) is 18.2 Å².